The molecule has 1 unspecified atom stereocenters. The standard InChI is InChI=1S/C15H9Br2Cl2NO/c16-9-1-8(2-10(17)5-9)15(19)11-3-7-4-14(21)20-13(7)6-12(11)18/h1-3,5-6,15H,4H2,(H,20,21). The number of benzene rings is 2. The molecule has 0 fully saturated rings. The molecule has 3 rings (SSSR count). The number of halogens is 4. The average Bonchev–Trinajstić information content (AvgIpc) is 2.75. The van der Waals surface area contributed by atoms with Crippen LogP contribution in [0.15, 0.2) is 39.3 Å². The Kier molecular flexibility index (Phi) is 4.33. The fraction of sp³-hybridized carbons (Fsp3) is 0.133. The van der Waals surface area contributed by atoms with Crippen LogP contribution in [0.4, 0.5) is 5.69 Å². The first-order valence-corrected chi connectivity index (χ1v) is 8.56. The van der Waals surface area contributed by atoms with Gasteiger partial charge in [0, 0.05) is 19.7 Å². The third-order valence-corrected chi connectivity index (χ3v) is 5.03. The summed E-state index contributed by atoms with van der Waals surface area (Å²) >= 11 is 19.8. The molecule has 2 nitrogen and oxygen atoms in total. The van der Waals surface area contributed by atoms with Gasteiger partial charge >= 0.3 is 0 Å². The van der Waals surface area contributed by atoms with Crippen molar-refractivity contribution in [3.63, 3.8) is 0 Å². The highest BCUT2D eigenvalue weighted by atomic mass is 79.9. The maximum Gasteiger partial charge on any atom is 0.228 e. The van der Waals surface area contributed by atoms with E-state index in [4.69, 9.17) is 23.2 Å². The quantitative estimate of drug-likeness (QED) is 0.586. The molecule has 1 amide bonds. The van der Waals surface area contributed by atoms with Crippen LogP contribution >= 0.6 is 55.1 Å². The molecule has 0 saturated heterocycles. The zero-order valence-corrected chi connectivity index (χ0v) is 15.3. The van der Waals surface area contributed by atoms with Crippen LogP contribution in [0, 0.1) is 0 Å². The molecule has 1 aliphatic rings. The number of nitrogens with one attached hydrogen (secondary N) is 1. The number of amides is 1. The van der Waals surface area contributed by atoms with Gasteiger partial charge in [-0.15, -0.1) is 11.6 Å². The van der Waals surface area contributed by atoms with Crippen LogP contribution < -0.4 is 5.32 Å². The van der Waals surface area contributed by atoms with Gasteiger partial charge < -0.3 is 5.32 Å². The maximum absolute atomic E-state index is 11.5. The lowest BCUT2D eigenvalue weighted by Crippen LogP contribution is -2.03. The van der Waals surface area contributed by atoms with Gasteiger partial charge in [-0.3, -0.25) is 4.79 Å². The third-order valence-electron chi connectivity index (χ3n) is 3.30. The molecule has 2 aromatic carbocycles. The lowest BCUT2D eigenvalue weighted by atomic mass is 10.0. The number of carbonyl (C=O) groups is 1. The van der Waals surface area contributed by atoms with Crippen LogP contribution in [0.5, 0.6) is 0 Å². The van der Waals surface area contributed by atoms with E-state index in [0.717, 1.165) is 31.3 Å². The second-order valence-electron chi connectivity index (χ2n) is 4.82. The number of hydrogen-bond donors (Lipinski definition) is 1. The SMILES string of the molecule is O=C1Cc2cc(C(Cl)c3cc(Br)cc(Br)c3)c(Cl)cc2N1. The molecule has 0 aromatic heterocycles. The minimum Gasteiger partial charge on any atom is -0.325 e. The first-order valence-electron chi connectivity index (χ1n) is 6.16. The number of alkyl halides is 1. The van der Waals surface area contributed by atoms with Gasteiger partial charge in [0.2, 0.25) is 5.91 Å². The van der Waals surface area contributed by atoms with Crippen LogP contribution in [0.2, 0.25) is 5.02 Å². The molecule has 0 saturated carbocycles. The van der Waals surface area contributed by atoms with Gasteiger partial charge in [0.25, 0.3) is 0 Å². The normalized spacial score (nSPS) is 14.8. The van der Waals surface area contributed by atoms with Crippen molar-refractivity contribution < 1.29 is 4.79 Å². The third kappa shape index (κ3) is 3.14. The van der Waals surface area contributed by atoms with E-state index in [2.05, 4.69) is 37.2 Å². The van der Waals surface area contributed by atoms with E-state index < -0.39 is 0 Å². The van der Waals surface area contributed by atoms with E-state index in [-0.39, 0.29) is 11.3 Å². The van der Waals surface area contributed by atoms with Gasteiger partial charge in [0.15, 0.2) is 0 Å². The van der Waals surface area contributed by atoms with Crippen molar-refractivity contribution in [1.29, 1.82) is 0 Å². The first kappa shape index (κ1) is 15.3. The van der Waals surface area contributed by atoms with E-state index in [9.17, 15) is 4.79 Å². The van der Waals surface area contributed by atoms with Crippen molar-refractivity contribution in [2.75, 3.05) is 5.32 Å². The highest BCUT2D eigenvalue weighted by Gasteiger charge is 2.23. The largest absolute Gasteiger partial charge is 0.325 e. The molecule has 2 aromatic rings. The highest BCUT2D eigenvalue weighted by molar-refractivity contribution is 9.11. The van der Waals surface area contributed by atoms with Crippen molar-refractivity contribution in [1.82, 2.24) is 0 Å². The predicted octanol–water partition coefficient (Wildman–Crippen LogP) is 5.69. The number of rotatable bonds is 2. The second kappa shape index (κ2) is 5.92. The number of hydrogen-bond acceptors (Lipinski definition) is 1. The smallest absolute Gasteiger partial charge is 0.228 e. The summed E-state index contributed by atoms with van der Waals surface area (Å²) in [6.07, 6.45) is 0.366. The van der Waals surface area contributed by atoms with E-state index >= 15 is 0 Å². The van der Waals surface area contributed by atoms with Crippen molar-refractivity contribution >= 4 is 66.7 Å². The first-order chi connectivity index (χ1) is 9.94. The Balaban J connectivity index is 2.04. The van der Waals surface area contributed by atoms with Gasteiger partial charge in [-0.25, -0.2) is 0 Å². The molecule has 1 aliphatic heterocycles. The van der Waals surface area contributed by atoms with Gasteiger partial charge in [-0.2, -0.15) is 0 Å². The summed E-state index contributed by atoms with van der Waals surface area (Å²) in [7, 11) is 0. The Morgan fingerprint density at radius 1 is 1.10 bits per heavy atom. The van der Waals surface area contributed by atoms with Crippen LogP contribution in [-0.2, 0) is 11.2 Å². The highest BCUT2D eigenvalue weighted by Crippen LogP contribution is 2.39. The van der Waals surface area contributed by atoms with E-state index in [0.29, 0.717) is 11.4 Å². The Morgan fingerprint density at radius 3 is 2.43 bits per heavy atom. The van der Waals surface area contributed by atoms with Crippen molar-refractivity contribution in [3.05, 3.63) is 61.0 Å². The summed E-state index contributed by atoms with van der Waals surface area (Å²) in [5, 5.41) is 2.95. The summed E-state index contributed by atoms with van der Waals surface area (Å²) in [6.45, 7) is 0. The monoisotopic (exact) mass is 447 g/mol. The summed E-state index contributed by atoms with van der Waals surface area (Å²) in [5.74, 6) is -0.0189. The van der Waals surface area contributed by atoms with Gasteiger partial charge in [-0.1, -0.05) is 43.5 Å². The van der Waals surface area contributed by atoms with Gasteiger partial charge in [0.1, 0.15) is 0 Å². The van der Waals surface area contributed by atoms with Crippen LogP contribution in [0.25, 0.3) is 0 Å². The molecular weight excluding hydrogens is 441 g/mol. The molecule has 0 spiro atoms. The number of fused-ring (bicyclic) bond motifs is 1. The van der Waals surface area contributed by atoms with E-state index in [1.165, 1.54) is 0 Å². The van der Waals surface area contributed by atoms with Crippen molar-refractivity contribution in [3.8, 4) is 0 Å². The van der Waals surface area contributed by atoms with E-state index in [1.54, 1.807) is 6.07 Å². The maximum atomic E-state index is 11.5. The molecule has 0 bridgehead atoms. The van der Waals surface area contributed by atoms with Crippen molar-refractivity contribution in [2.45, 2.75) is 11.8 Å². The molecule has 0 aliphatic carbocycles. The van der Waals surface area contributed by atoms with Crippen LogP contribution in [0.3, 0.4) is 0 Å². The Bertz CT molecular complexity index is 728. The zero-order valence-electron chi connectivity index (χ0n) is 10.6. The van der Waals surface area contributed by atoms with E-state index in [1.807, 2.05) is 24.3 Å². The zero-order chi connectivity index (χ0) is 15.1. The molecule has 21 heavy (non-hydrogen) atoms. The molecule has 6 heteroatoms. The minimum absolute atomic E-state index is 0.0189. The van der Waals surface area contributed by atoms with Crippen molar-refractivity contribution in [2.24, 2.45) is 0 Å². The molecule has 1 heterocycles. The lowest BCUT2D eigenvalue weighted by Gasteiger charge is -2.15. The summed E-state index contributed by atoms with van der Waals surface area (Å²) < 4.78 is 1.87. The fourth-order valence-electron chi connectivity index (χ4n) is 2.36. The van der Waals surface area contributed by atoms with Gasteiger partial charge in [-0.05, 0) is 47.0 Å². The Labute approximate surface area is 149 Å². The van der Waals surface area contributed by atoms with Crippen LogP contribution in [0.1, 0.15) is 22.1 Å². The topological polar surface area (TPSA) is 29.1 Å². The summed E-state index contributed by atoms with van der Waals surface area (Å²) in [5.41, 5.74) is 3.43. The number of anilines is 1. The molecule has 1 N–H and O–H groups in total. The van der Waals surface area contributed by atoms with Crippen LogP contribution in [-0.4, -0.2) is 5.91 Å². The lowest BCUT2D eigenvalue weighted by molar-refractivity contribution is -0.115. The second-order valence-corrected chi connectivity index (χ2v) is 7.50. The predicted molar refractivity (Wildman–Crippen MR) is 93.3 cm³/mol. The summed E-state index contributed by atoms with van der Waals surface area (Å²) in [6, 6.07) is 9.52. The molecular formula is C15H9Br2Cl2NO. The fourth-order valence-corrected chi connectivity index (χ4v) is 4.33. The summed E-state index contributed by atoms with van der Waals surface area (Å²) in [4.78, 5) is 11.5. The van der Waals surface area contributed by atoms with Gasteiger partial charge in [0.05, 0.1) is 11.8 Å². The average molecular weight is 450 g/mol. The molecule has 0 radical (unpaired) electrons. The molecule has 108 valence electrons. The molecule has 1 atom stereocenters. The number of carbonyl (C=O) groups excluding carboxylic acids is 1. The Hall–Kier alpha value is -0.550. The Morgan fingerprint density at radius 2 is 1.76 bits per heavy atom. The minimum atomic E-state index is -0.382.